The van der Waals surface area contributed by atoms with E-state index in [1.807, 2.05) is 18.2 Å². The van der Waals surface area contributed by atoms with Gasteiger partial charge in [-0.3, -0.25) is 0 Å². The van der Waals surface area contributed by atoms with Gasteiger partial charge in [0.05, 0.1) is 16.7 Å². The van der Waals surface area contributed by atoms with Crippen molar-refractivity contribution in [1.82, 2.24) is 5.32 Å². The maximum absolute atomic E-state index is 8.77. The van der Waals surface area contributed by atoms with Crippen LogP contribution in [0.5, 0.6) is 11.5 Å². The Kier molecular flexibility index (Phi) is 5.21. The van der Waals surface area contributed by atoms with E-state index in [2.05, 4.69) is 25.2 Å². The van der Waals surface area contributed by atoms with E-state index in [0.717, 1.165) is 12.1 Å². The third-order valence-corrected chi connectivity index (χ3v) is 3.47. The summed E-state index contributed by atoms with van der Waals surface area (Å²) in [5.74, 6) is 1.26. The number of rotatable bonds is 5. The van der Waals surface area contributed by atoms with E-state index in [9.17, 15) is 0 Å². The van der Waals surface area contributed by atoms with Crippen molar-refractivity contribution < 1.29 is 4.74 Å². The summed E-state index contributed by atoms with van der Waals surface area (Å²) in [4.78, 5) is 0. The van der Waals surface area contributed by atoms with E-state index in [-0.39, 0.29) is 6.04 Å². The van der Waals surface area contributed by atoms with Crippen molar-refractivity contribution in [2.75, 3.05) is 6.54 Å². The number of benzene rings is 2. The van der Waals surface area contributed by atoms with Gasteiger partial charge in [-0.1, -0.05) is 24.6 Å². The van der Waals surface area contributed by atoms with Gasteiger partial charge in [0, 0.05) is 6.04 Å². The minimum atomic E-state index is 0.247. The second-order valence-electron chi connectivity index (χ2n) is 4.71. The molecule has 0 radical (unpaired) electrons. The van der Waals surface area contributed by atoms with Crippen molar-refractivity contribution in [3.63, 3.8) is 0 Å². The standard InChI is InChI=1S/C17H17ClN2O/c1-3-20-12(2)14-6-9-17(16(18)10-14)21-15-7-4-13(11-19)5-8-15/h4-10,12,20H,3H2,1-2H3. The first kappa shape index (κ1) is 15.4. The lowest BCUT2D eigenvalue weighted by Gasteiger charge is -2.14. The molecule has 0 fully saturated rings. The Labute approximate surface area is 130 Å². The number of nitrogens with one attached hydrogen (secondary N) is 1. The predicted octanol–water partition coefficient (Wildman–Crippen LogP) is 4.67. The molecule has 2 rings (SSSR count). The molecular formula is C17H17ClN2O. The van der Waals surface area contributed by atoms with Crippen LogP contribution < -0.4 is 10.1 Å². The SMILES string of the molecule is CCNC(C)c1ccc(Oc2ccc(C#N)cc2)c(Cl)c1. The zero-order valence-electron chi connectivity index (χ0n) is 12.1. The first-order valence-electron chi connectivity index (χ1n) is 6.85. The zero-order valence-corrected chi connectivity index (χ0v) is 12.8. The highest BCUT2D eigenvalue weighted by atomic mass is 35.5. The Balaban J connectivity index is 2.15. The van der Waals surface area contributed by atoms with Crippen molar-refractivity contribution in [3.8, 4) is 17.6 Å². The van der Waals surface area contributed by atoms with Gasteiger partial charge in [0.15, 0.2) is 0 Å². The average molecular weight is 301 g/mol. The molecule has 2 aromatic rings. The van der Waals surface area contributed by atoms with Gasteiger partial charge in [-0.05, 0) is 55.4 Å². The molecule has 0 aliphatic rings. The van der Waals surface area contributed by atoms with Gasteiger partial charge in [-0.15, -0.1) is 0 Å². The van der Waals surface area contributed by atoms with E-state index >= 15 is 0 Å². The lowest BCUT2D eigenvalue weighted by atomic mass is 10.1. The molecule has 0 heterocycles. The molecule has 1 N–H and O–H groups in total. The average Bonchev–Trinajstić information content (AvgIpc) is 2.50. The highest BCUT2D eigenvalue weighted by molar-refractivity contribution is 6.32. The fraction of sp³-hybridized carbons (Fsp3) is 0.235. The Morgan fingerprint density at radius 2 is 1.95 bits per heavy atom. The summed E-state index contributed by atoms with van der Waals surface area (Å²) in [6, 6.07) is 15.0. The van der Waals surface area contributed by atoms with Gasteiger partial charge in [-0.25, -0.2) is 0 Å². The summed E-state index contributed by atoms with van der Waals surface area (Å²) in [5.41, 5.74) is 1.72. The van der Waals surface area contributed by atoms with Crippen LogP contribution in [0.25, 0.3) is 0 Å². The predicted molar refractivity (Wildman–Crippen MR) is 84.8 cm³/mol. The van der Waals surface area contributed by atoms with Crippen molar-refractivity contribution in [3.05, 3.63) is 58.6 Å². The molecule has 3 nitrogen and oxygen atoms in total. The van der Waals surface area contributed by atoms with Crippen LogP contribution in [0.15, 0.2) is 42.5 Å². The number of hydrogen-bond acceptors (Lipinski definition) is 3. The first-order valence-corrected chi connectivity index (χ1v) is 7.22. The van der Waals surface area contributed by atoms with Crippen LogP contribution in [0.4, 0.5) is 0 Å². The van der Waals surface area contributed by atoms with Crippen LogP contribution in [0.1, 0.15) is 31.0 Å². The van der Waals surface area contributed by atoms with Crippen LogP contribution in [0.2, 0.25) is 5.02 Å². The van der Waals surface area contributed by atoms with Crippen LogP contribution in [-0.2, 0) is 0 Å². The molecule has 0 spiro atoms. The molecule has 0 aliphatic carbocycles. The van der Waals surface area contributed by atoms with Crippen LogP contribution in [0.3, 0.4) is 0 Å². The Morgan fingerprint density at radius 1 is 1.24 bits per heavy atom. The lowest BCUT2D eigenvalue weighted by molar-refractivity contribution is 0.482. The van der Waals surface area contributed by atoms with Crippen molar-refractivity contribution in [2.24, 2.45) is 0 Å². The largest absolute Gasteiger partial charge is 0.456 e. The van der Waals surface area contributed by atoms with Gasteiger partial charge in [0.2, 0.25) is 0 Å². The van der Waals surface area contributed by atoms with Crippen molar-refractivity contribution in [2.45, 2.75) is 19.9 Å². The number of nitriles is 1. The molecule has 0 aromatic heterocycles. The summed E-state index contributed by atoms with van der Waals surface area (Å²) < 4.78 is 5.74. The number of nitrogens with zero attached hydrogens (tertiary/aromatic N) is 1. The summed E-state index contributed by atoms with van der Waals surface area (Å²) in [6.07, 6.45) is 0. The van der Waals surface area contributed by atoms with Crippen LogP contribution in [0, 0.1) is 11.3 Å². The third-order valence-electron chi connectivity index (χ3n) is 3.18. The maximum Gasteiger partial charge on any atom is 0.146 e. The smallest absolute Gasteiger partial charge is 0.146 e. The molecule has 21 heavy (non-hydrogen) atoms. The van der Waals surface area contributed by atoms with Crippen molar-refractivity contribution in [1.29, 1.82) is 5.26 Å². The molecule has 2 aromatic carbocycles. The second kappa shape index (κ2) is 7.12. The monoisotopic (exact) mass is 300 g/mol. The molecule has 0 saturated carbocycles. The third kappa shape index (κ3) is 3.98. The second-order valence-corrected chi connectivity index (χ2v) is 5.11. The Morgan fingerprint density at radius 3 is 2.52 bits per heavy atom. The van der Waals surface area contributed by atoms with Gasteiger partial charge in [-0.2, -0.15) is 5.26 Å². The zero-order chi connectivity index (χ0) is 15.2. The summed E-state index contributed by atoms with van der Waals surface area (Å²) in [5, 5.41) is 12.7. The van der Waals surface area contributed by atoms with E-state index in [0.29, 0.717) is 22.1 Å². The highest BCUT2D eigenvalue weighted by Gasteiger charge is 2.09. The molecule has 0 aliphatic heterocycles. The number of ether oxygens (including phenoxy) is 1. The number of halogens is 1. The fourth-order valence-electron chi connectivity index (χ4n) is 2.02. The molecule has 0 amide bonds. The minimum absolute atomic E-state index is 0.247. The topological polar surface area (TPSA) is 45.0 Å². The van der Waals surface area contributed by atoms with E-state index < -0.39 is 0 Å². The molecule has 0 bridgehead atoms. The Hall–Kier alpha value is -2.02. The van der Waals surface area contributed by atoms with Crippen LogP contribution >= 0.6 is 11.6 Å². The normalized spacial score (nSPS) is 11.7. The molecule has 0 saturated heterocycles. The minimum Gasteiger partial charge on any atom is -0.456 e. The molecule has 1 atom stereocenters. The summed E-state index contributed by atoms with van der Waals surface area (Å²) in [6.45, 7) is 5.07. The highest BCUT2D eigenvalue weighted by Crippen LogP contribution is 2.31. The molecule has 108 valence electrons. The van der Waals surface area contributed by atoms with E-state index in [1.165, 1.54) is 0 Å². The molecule has 1 unspecified atom stereocenters. The summed E-state index contributed by atoms with van der Waals surface area (Å²) in [7, 11) is 0. The summed E-state index contributed by atoms with van der Waals surface area (Å²) >= 11 is 6.28. The quantitative estimate of drug-likeness (QED) is 0.872. The number of hydrogen-bond donors (Lipinski definition) is 1. The van der Waals surface area contributed by atoms with Gasteiger partial charge >= 0.3 is 0 Å². The maximum atomic E-state index is 8.77. The van der Waals surface area contributed by atoms with Gasteiger partial charge in [0.1, 0.15) is 11.5 Å². The molecular weight excluding hydrogens is 284 g/mol. The van der Waals surface area contributed by atoms with E-state index in [1.54, 1.807) is 24.3 Å². The lowest BCUT2D eigenvalue weighted by Crippen LogP contribution is -2.17. The van der Waals surface area contributed by atoms with E-state index in [4.69, 9.17) is 21.6 Å². The fourth-order valence-corrected chi connectivity index (χ4v) is 2.25. The van der Waals surface area contributed by atoms with Crippen molar-refractivity contribution >= 4 is 11.6 Å². The van der Waals surface area contributed by atoms with Crippen LogP contribution in [-0.4, -0.2) is 6.54 Å². The first-order chi connectivity index (χ1) is 10.1. The van der Waals surface area contributed by atoms with Gasteiger partial charge in [0.25, 0.3) is 0 Å². The molecule has 4 heteroatoms. The Bertz CT molecular complexity index is 647. The van der Waals surface area contributed by atoms with Gasteiger partial charge < -0.3 is 10.1 Å².